The Morgan fingerprint density at radius 3 is 2.68 bits per heavy atom. The van der Waals surface area contributed by atoms with Gasteiger partial charge in [0.25, 0.3) is 10.2 Å². The van der Waals surface area contributed by atoms with E-state index in [2.05, 4.69) is 15.0 Å². The lowest BCUT2D eigenvalue weighted by Gasteiger charge is -2.33. The van der Waals surface area contributed by atoms with Gasteiger partial charge in [-0.2, -0.15) is 17.0 Å². The molecule has 3 rings (SSSR count). The topological polar surface area (TPSA) is 84.2 Å². The van der Waals surface area contributed by atoms with Crippen molar-refractivity contribution in [1.29, 1.82) is 0 Å². The molecule has 8 nitrogen and oxygen atoms in total. The van der Waals surface area contributed by atoms with Crippen molar-refractivity contribution in [2.75, 3.05) is 27.2 Å². The molecule has 0 N–H and O–H groups in total. The van der Waals surface area contributed by atoms with Crippen molar-refractivity contribution in [3.8, 4) is 11.5 Å². The van der Waals surface area contributed by atoms with E-state index in [1.54, 1.807) is 24.6 Å². The van der Waals surface area contributed by atoms with Crippen LogP contribution in [-0.2, 0) is 17.3 Å². The third-order valence-corrected chi connectivity index (χ3v) is 6.41. The van der Waals surface area contributed by atoms with Crippen LogP contribution in [0.2, 0.25) is 0 Å². The first-order valence-electron chi connectivity index (χ1n) is 8.30. The third kappa shape index (κ3) is 3.58. The number of aryl methyl sites for hydroxylation is 2. The van der Waals surface area contributed by atoms with Crippen LogP contribution >= 0.6 is 0 Å². The minimum atomic E-state index is -3.40. The lowest BCUT2D eigenvalue weighted by Crippen LogP contribution is -2.45. The van der Waals surface area contributed by atoms with Gasteiger partial charge in [-0.05, 0) is 25.8 Å². The Balaban J connectivity index is 1.91. The minimum absolute atomic E-state index is 0.0594. The molecule has 0 aromatic carbocycles. The first kappa shape index (κ1) is 18.0. The van der Waals surface area contributed by atoms with Crippen molar-refractivity contribution >= 4 is 10.2 Å². The molecule has 0 saturated carbocycles. The number of hydrogen-bond donors (Lipinski definition) is 0. The summed E-state index contributed by atoms with van der Waals surface area (Å²) in [6.07, 6.45) is 5.34. The summed E-state index contributed by atoms with van der Waals surface area (Å²) >= 11 is 0. The monoisotopic (exact) mass is 364 g/mol. The Bertz CT molecular complexity index is 861. The van der Waals surface area contributed by atoms with E-state index in [0.717, 1.165) is 30.1 Å². The summed E-state index contributed by atoms with van der Waals surface area (Å²) in [7, 11) is 1.64. The molecular weight excluding hydrogens is 340 g/mol. The highest BCUT2D eigenvalue weighted by Gasteiger charge is 2.32. The van der Waals surface area contributed by atoms with Crippen molar-refractivity contribution < 1.29 is 8.42 Å². The zero-order chi connectivity index (χ0) is 18.2. The van der Waals surface area contributed by atoms with Crippen LogP contribution in [0.4, 0.5) is 0 Å². The standard InChI is InChI=1S/C16H24N6O2S/c1-12-18-14(10-15(19-12)16-17-7-9-21(16)4)13-6-5-8-22(11-13)25(23,24)20(2)3/h7,9-10,13H,5-6,8,11H2,1-4H3. The number of imidazole rings is 1. The third-order valence-electron chi connectivity index (χ3n) is 4.50. The Morgan fingerprint density at radius 2 is 2.04 bits per heavy atom. The van der Waals surface area contributed by atoms with Gasteiger partial charge in [-0.25, -0.2) is 15.0 Å². The molecule has 1 fully saturated rings. The molecule has 0 radical (unpaired) electrons. The van der Waals surface area contributed by atoms with Crippen molar-refractivity contribution in [3.05, 3.63) is 30.0 Å². The fraction of sp³-hybridized carbons (Fsp3) is 0.562. The van der Waals surface area contributed by atoms with Gasteiger partial charge in [0, 0.05) is 58.2 Å². The molecule has 1 saturated heterocycles. The molecule has 1 aliphatic rings. The fourth-order valence-corrected chi connectivity index (χ4v) is 4.34. The molecule has 0 spiro atoms. The average Bonchev–Trinajstić information content (AvgIpc) is 3.00. The van der Waals surface area contributed by atoms with Crippen LogP contribution in [0.1, 0.15) is 30.3 Å². The molecule has 136 valence electrons. The summed E-state index contributed by atoms with van der Waals surface area (Å²) in [5.41, 5.74) is 1.65. The highest BCUT2D eigenvalue weighted by atomic mass is 32.2. The molecule has 1 aliphatic heterocycles. The maximum absolute atomic E-state index is 12.4. The fourth-order valence-electron chi connectivity index (χ4n) is 3.15. The second-order valence-electron chi connectivity index (χ2n) is 6.57. The van der Waals surface area contributed by atoms with Crippen molar-refractivity contribution in [2.45, 2.75) is 25.7 Å². The molecule has 0 aliphatic carbocycles. The number of nitrogens with zero attached hydrogens (tertiary/aromatic N) is 6. The van der Waals surface area contributed by atoms with Gasteiger partial charge < -0.3 is 4.57 Å². The maximum atomic E-state index is 12.4. The predicted octanol–water partition coefficient (Wildman–Crippen LogP) is 1.17. The van der Waals surface area contributed by atoms with Gasteiger partial charge in [-0.15, -0.1) is 0 Å². The van der Waals surface area contributed by atoms with Crippen LogP contribution in [0, 0.1) is 6.92 Å². The van der Waals surface area contributed by atoms with Gasteiger partial charge in [-0.1, -0.05) is 0 Å². The van der Waals surface area contributed by atoms with Crippen LogP contribution < -0.4 is 0 Å². The Hall–Kier alpha value is -1.84. The maximum Gasteiger partial charge on any atom is 0.281 e. The number of hydrogen-bond acceptors (Lipinski definition) is 5. The van der Waals surface area contributed by atoms with E-state index >= 15 is 0 Å². The molecule has 2 aromatic heterocycles. The van der Waals surface area contributed by atoms with Crippen molar-refractivity contribution in [3.63, 3.8) is 0 Å². The largest absolute Gasteiger partial charge is 0.333 e. The second-order valence-corrected chi connectivity index (χ2v) is 8.72. The molecule has 9 heteroatoms. The quantitative estimate of drug-likeness (QED) is 0.813. The van der Waals surface area contributed by atoms with E-state index in [4.69, 9.17) is 0 Å². The molecule has 25 heavy (non-hydrogen) atoms. The first-order chi connectivity index (χ1) is 11.8. The van der Waals surface area contributed by atoms with Crippen molar-refractivity contribution in [1.82, 2.24) is 28.1 Å². The van der Waals surface area contributed by atoms with E-state index in [1.807, 2.05) is 30.8 Å². The molecule has 3 heterocycles. The molecule has 2 aromatic rings. The van der Waals surface area contributed by atoms with Crippen LogP contribution in [0.3, 0.4) is 0 Å². The van der Waals surface area contributed by atoms with E-state index < -0.39 is 10.2 Å². The second kappa shape index (κ2) is 6.81. The van der Waals surface area contributed by atoms with E-state index in [1.165, 1.54) is 4.31 Å². The summed E-state index contributed by atoms with van der Waals surface area (Å²) in [5.74, 6) is 1.51. The van der Waals surface area contributed by atoms with Gasteiger partial charge in [0.15, 0.2) is 5.82 Å². The molecule has 0 amide bonds. The highest BCUT2D eigenvalue weighted by Crippen LogP contribution is 2.29. The molecule has 0 bridgehead atoms. The van der Waals surface area contributed by atoms with Crippen LogP contribution in [0.25, 0.3) is 11.5 Å². The summed E-state index contributed by atoms with van der Waals surface area (Å²) in [5, 5.41) is 0. The van der Waals surface area contributed by atoms with Gasteiger partial charge in [0.1, 0.15) is 11.5 Å². The molecular formula is C16H24N6O2S. The van der Waals surface area contributed by atoms with Crippen LogP contribution in [0.5, 0.6) is 0 Å². The van der Waals surface area contributed by atoms with Gasteiger partial charge in [0.05, 0.1) is 0 Å². The first-order valence-corrected chi connectivity index (χ1v) is 9.69. The SMILES string of the molecule is Cc1nc(-c2nccn2C)cc(C2CCCN(S(=O)(=O)N(C)C)C2)n1. The smallest absolute Gasteiger partial charge is 0.281 e. The predicted molar refractivity (Wildman–Crippen MR) is 95.1 cm³/mol. The van der Waals surface area contributed by atoms with Crippen LogP contribution in [-0.4, -0.2) is 63.7 Å². The van der Waals surface area contributed by atoms with Gasteiger partial charge in [-0.3, -0.25) is 0 Å². The van der Waals surface area contributed by atoms with Crippen LogP contribution in [0.15, 0.2) is 18.5 Å². The Labute approximate surface area is 148 Å². The number of piperidine rings is 1. The molecule has 1 unspecified atom stereocenters. The van der Waals surface area contributed by atoms with E-state index in [-0.39, 0.29) is 5.92 Å². The molecule has 1 atom stereocenters. The Morgan fingerprint density at radius 1 is 1.28 bits per heavy atom. The minimum Gasteiger partial charge on any atom is -0.333 e. The van der Waals surface area contributed by atoms with E-state index in [9.17, 15) is 8.42 Å². The highest BCUT2D eigenvalue weighted by molar-refractivity contribution is 7.86. The van der Waals surface area contributed by atoms with Crippen molar-refractivity contribution in [2.24, 2.45) is 7.05 Å². The number of rotatable bonds is 4. The summed E-state index contributed by atoms with van der Waals surface area (Å²) < 4.78 is 29.6. The normalized spacial score (nSPS) is 19.5. The lowest BCUT2D eigenvalue weighted by atomic mass is 9.95. The van der Waals surface area contributed by atoms with Gasteiger partial charge >= 0.3 is 0 Å². The lowest BCUT2D eigenvalue weighted by molar-refractivity contribution is 0.296. The summed E-state index contributed by atoms with van der Waals surface area (Å²) in [4.78, 5) is 13.4. The number of aromatic nitrogens is 4. The Kier molecular flexibility index (Phi) is 4.90. The summed E-state index contributed by atoms with van der Waals surface area (Å²) in [6.45, 7) is 2.84. The van der Waals surface area contributed by atoms with Gasteiger partial charge in [0.2, 0.25) is 0 Å². The summed E-state index contributed by atoms with van der Waals surface area (Å²) in [6, 6.07) is 1.94. The average molecular weight is 364 g/mol. The zero-order valence-electron chi connectivity index (χ0n) is 15.0. The zero-order valence-corrected chi connectivity index (χ0v) is 15.9. The van der Waals surface area contributed by atoms with E-state index in [0.29, 0.717) is 18.9 Å².